The third kappa shape index (κ3) is 1.45. The van der Waals surface area contributed by atoms with Gasteiger partial charge < -0.3 is 9.64 Å². The summed E-state index contributed by atoms with van der Waals surface area (Å²) < 4.78 is 4.12. The number of halogens is 2. The van der Waals surface area contributed by atoms with E-state index in [2.05, 4.69) is 4.98 Å². The smallest absolute Gasteiger partial charge is 0.219 e. The number of anilines is 1. The Morgan fingerprint density at radius 2 is 2.36 bits per heavy atom. The van der Waals surface area contributed by atoms with Gasteiger partial charge in [-0.25, -0.2) is 4.98 Å². The fourth-order valence-electron chi connectivity index (χ4n) is 1.43. The second-order valence-electron chi connectivity index (χ2n) is 3.11. The van der Waals surface area contributed by atoms with Crippen LogP contribution in [0.4, 0.5) is 5.82 Å². The highest BCUT2D eigenvalue weighted by molar-refractivity contribution is 6.51. The Morgan fingerprint density at radius 1 is 1.57 bits per heavy atom. The van der Waals surface area contributed by atoms with E-state index in [1.807, 2.05) is 18.2 Å². The van der Waals surface area contributed by atoms with Gasteiger partial charge in [0.25, 0.3) is 0 Å². The van der Waals surface area contributed by atoms with Gasteiger partial charge in [0.1, 0.15) is 11.9 Å². The molecule has 2 heterocycles. The first-order valence-corrected chi connectivity index (χ1v) is 5.01. The molecule has 0 spiro atoms. The number of ether oxygens (including phenoxy) is 1. The van der Waals surface area contributed by atoms with Crippen molar-refractivity contribution in [1.82, 2.24) is 4.98 Å². The number of hydrogen-bond donors (Lipinski definition) is 0. The fourth-order valence-corrected chi connectivity index (χ4v) is 2.06. The molecular weight excluding hydrogens is 223 g/mol. The summed E-state index contributed by atoms with van der Waals surface area (Å²) in [4.78, 5) is 5.96. The summed E-state index contributed by atoms with van der Waals surface area (Å²) in [6.07, 6.45) is 1.55. The van der Waals surface area contributed by atoms with Crippen LogP contribution in [-0.2, 0) is 4.74 Å². The van der Waals surface area contributed by atoms with Crippen molar-refractivity contribution in [2.75, 3.05) is 18.6 Å². The van der Waals surface area contributed by atoms with E-state index in [9.17, 15) is 0 Å². The molecule has 0 amide bonds. The Morgan fingerprint density at radius 3 is 2.86 bits per heavy atom. The molecule has 2 rings (SSSR count). The van der Waals surface area contributed by atoms with Gasteiger partial charge in [0.05, 0.1) is 6.54 Å². The predicted molar refractivity (Wildman–Crippen MR) is 56.8 cm³/mol. The van der Waals surface area contributed by atoms with E-state index < -0.39 is 4.46 Å². The van der Waals surface area contributed by atoms with Crippen LogP contribution < -0.4 is 4.90 Å². The number of nitrogens with zero attached hydrogens (tertiary/aromatic N) is 2. The molecule has 1 fully saturated rings. The average Bonchev–Trinajstić information content (AvgIpc) is 2.18. The van der Waals surface area contributed by atoms with Crippen LogP contribution in [0.3, 0.4) is 0 Å². The highest BCUT2D eigenvalue weighted by Gasteiger charge is 2.52. The van der Waals surface area contributed by atoms with Crippen molar-refractivity contribution >= 4 is 29.0 Å². The monoisotopic (exact) mass is 232 g/mol. The lowest BCUT2D eigenvalue weighted by Crippen LogP contribution is -2.65. The van der Waals surface area contributed by atoms with Gasteiger partial charge in [-0.05, 0) is 12.1 Å². The molecule has 1 aromatic rings. The molecule has 1 aromatic heterocycles. The predicted octanol–water partition coefficient (Wildman–Crippen LogP) is 2.05. The maximum absolute atomic E-state index is 6.10. The van der Waals surface area contributed by atoms with Gasteiger partial charge in [0.15, 0.2) is 0 Å². The van der Waals surface area contributed by atoms with Gasteiger partial charge in [-0.2, -0.15) is 0 Å². The highest BCUT2D eigenvalue weighted by Crippen LogP contribution is 2.42. The molecule has 14 heavy (non-hydrogen) atoms. The maximum Gasteiger partial charge on any atom is 0.219 e. The second-order valence-corrected chi connectivity index (χ2v) is 4.46. The first kappa shape index (κ1) is 10.0. The van der Waals surface area contributed by atoms with Gasteiger partial charge >= 0.3 is 0 Å². The van der Waals surface area contributed by atoms with E-state index in [1.54, 1.807) is 18.2 Å². The summed E-state index contributed by atoms with van der Waals surface area (Å²) in [6, 6.07) is 5.61. The van der Waals surface area contributed by atoms with Crippen LogP contribution in [0.5, 0.6) is 0 Å². The molecule has 0 N–H and O–H groups in total. The standard InChI is InChI=1S/C9H10Cl2N2O/c1-14-7-6-13(9(7,10)11)8-4-2-3-5-12-8/h2-5,7H,6H2,1H3. The van der Waals surface area contributed by atoms with Crippen LogP contribution in [0.2, 0.25) is 0 Å². The fraction of sp³-hybridized carbons (Fsp3) is 0.444. The molecule has 3 nitrogen and oxygen atoms in total. The quantitative estimate of drug-likeness (QED) is 0.577. The minimum Gasteiger partial charge on any atom is -0.374 e. The number of rotatable bonds is 2. The minimum absolute atomic E-state index is 0.159. The van der Waals surface area contributed by atoms with Crippen molar-refractivity contribution in [3.63, 3.8) is 0 Å². The van der Waals surface area contributed by atoms with Crippen molar-refractivity contribution in [2.45, 2.75) is 10.6 Å². The number of pyridine rings is 1. The van der Waals surface area contributed by atoms with Gasteiger partial charge in [-0.1, -0.05) is 29.3 Å². The third-order valence-corrected chi connectivity index (χ3v) is 3.20. The normalized spacial score (nSPS) is 24.5. The lowest BCUT2D eigenvalue weighted by molar-refractivity contribution is 0.0511. The Labute approximate surface area is 92.6 Å². The van der Waals surface area contributed by atoms with Crippen LogP contribution in [0.25, 0.3) is 0 Å². The summed E-state index contributed by atoms with van der Waals surface area (Å²) in [5.41, 5.74) is 0. The van der Waals surface area contributed by atoms with Crippen molar-refractivity contribution in [3.05, 3.63) is 24.4 Å². The largest absolute Gasteiger partial charge is 0.374 e. The molecule has 1 aliphatic rings. The first-order valence-electron chi connectivity index (χ1n) is 4.25. The molecule has 1 aliphatic heterocycles. The summed E-state index contributed by atoms with van der Waals surface area (Å²) in [5.74, 6) is 0.769. The Kier molecular flexibility index (Phi) is 2.56. The molecule has 1 unspecified atom stereocenters. The molecule has 0 radical (unpaired) electrons. The number of aromatic nitrogens is 1. The second kappa shape index (κ2) is 3.57. The zero-order chi connectivity index (χ0) is 10.2. The van der Waals surface area contributed by atoms with E-state index in [4.69, 9.17) is 27.9 Å². The topological polar surface area (TPSA) is 25.4 Å². The zero-order valence-corrected chi connectivity index (χ0v) is 9.16. The van der Waals surface area contributed by atoms with Gasteiger partial charge in [0, 0.05) is 13.3 Å². The zero-order valence-electron chi connectivity index (χ0n) is 7.65. The molecule has 0 saturated carbocycles. The number of hydrogen-bond acceptors (Lipinski definition) is 3. The van der Waals surface area contributed by atoms with Crippen LogP contribution in [0.15, 0.2) is 24.4 Å². The van der Waals surface area contributed by atoms with E-state index in [-0.39, 0.29) is 6.10 Å². The van der Waals surface area contributed by atoms with Crippen molar-refractivity contribution in [3.8, 4) is 0 Å². The van der Waals surface area contributed by atoms with Gasteiger partial charge in [-0.15, -0.1) is 0 Å². The molecule has 1 saturated heterocycles. The highest BCUT2D eigenvalue weighted by atomic mass is 35.5. The molecule has 1 atom stereocenters. The average molecular weight is 233 g/mol. The van der Waals surface area contributed by atoms with Gasteiger partial charge in [0.2, 0.25) is 4.46 Å². The molecule has 5 heteroatoms. The number of alkyl halides is 2. The Hall–Kier alpha value is -0.510. The van der Waals surface area contributed by atoms with Gasteiger partial charge in [-0.3, -0.25) is 0 Å². The van der Waals surface area contributed by atoms with Crippen molar-refractivity contribution in [1.29, 1.82) is 0 Å². The molecule has 0 aliphatic carbocycles. The maximum atomic E-state index is 6.10. The van der Waals surface area contributed by atoms with Crippen LogP contribution in [0, 0.1) is 0 Å². The summed E-state index contributed by atoms with van der Waals surface area (Å²) in [5, 5.41) is 0. The molecule has 76 valence electrons. The summed E-state index contributed by atoms with van der Waals surface area (Å²) in [7, 11) is 1.60. The third-order valence-electron chi connectivity index (χ3n) is 2.31. The van der Waals surface area contributed by atoms with Crippen LogP contribution >= 0.6 is 23.2 Å². The Balaban J connectivity index is 2.17. The lowest BCUT2D eigenvalue weighted by atomic mass is 10.1. The van der Waals surface area contributed by atoms with Crippen molar-refractivity contribution in [2.24, 2.45) is 0 Å². The van der Waals surface area contributed by atoms with E-state index in [0.717, 1.165) is 5.82 Å². The summed E-state index contributed by atoms with van der Waals surface area (Å²) >= 11 is 12.2. The lowest BCUT2D eigenvalue weighted by Gasteiger charge is -2.50. The number of methoxy groups -OCH3 is 1. The van der Waals surface area contributed by atoms with E-state index in [1.165, 1.54) is 0 Å². The van der Waals surface area contributed by atoms with E-state index >= 15 is 0 Å². The molecule has 0 bridgehead atoms. The van der Waals surface area contributed by atoms with E-state index in [0.29, 0.717) is 6.54 Å². The Bertz CT molecular complexity index is 318. The first-order chi connectivity index (χ1) is 6.66. The SMILES string of the molecule is COC1CN(c2ccccn2)C1(Cl)Cl. The van der Waals surface area contributed by atoms with Crippen LogP contribution in [-0.4, -0.2) is 29.2 Å². The molecule has 0 aromatic carbocycles. The molecular formula is C9H10Cl2N2O. The summed E-state index contributed by atoms with van der Waals surface area (Å²) in [6.45, 7) is 0.667. The van der Waals surface area contributed by atoms with Crippen molar-refractivity contribution < 1.29 is 4.74 Å². The van der Waals surface area contributed by atoms with Crippen LogP contribution in [0.1, 0.15) is 0 Å². The minimum atomic E-state index is -0.997.